The van der Waals surface area contributed by atoms with E-state index < -0.39 is 0 Å². The van der Waals surface area contributed by atoms with Crippen LogP contribution in [-0.4, -0.2) is 175 Å². The Balaban J connectivity index is 0.000000338. The number of aromatic hydroxyl groups is 4. The van der Waals surface area contributed by atoms with Gasteiger partial charge in [0.2, 0.25) is 0 Å². The van der Waals surface area contributed by atoms with Gasteiger partial charge in [-0.3, -0.25) is 0 Å². The normalized spacial score (nSPS) is 18.1. The highest BCUT2D eigenvalue weighted by Gasteiger charge is 2.21. The Labute approximate surface area is 607 Å². The van der Waals surface area contributed by atoms with Gasteiger partial charge < -0.3 is 63.9 Å². The van der Waals surface area contributed by atoms with Crippen LogP contribution in [0.1, 0.15) is 236 Å². The van der Waals surface area contributed by atoms with Crippen molar-refractivity contribution in [3.63, 3.8) is 0 Å². The van der Waals surface area contributed by atoms with Gasteiger partial charge in [0, 0.05) is 5.88 Å². The molecule has 5 fully saturated rings. The lowest BCUT2D eigenvalue weighted by Crippen LogP contribution is -2.30. The summed E-state index contributed by atoms with van der Waals surface area (Å²) in [7, 11) is 0. The number of piperidine rings is 5. The molecule has 0 radical (unpaired) electrons. The summed E-state index contributed by atoms with van der Waals surface area (Å²) in [5.74, 6) is 5.85. The molecule has 4 aromatic carbocycles. The number of rotatable bonds is 42. The summed E-state index contributed by atoms with van der Waals surface area (Å²) in [5.41, 5.74) is 4.63. The first-order valence-corrected chi connectivity index (χ1v) is 40.9. The van der Waals surface area contributed by atoms with E-state index in [4.69, 9.17) is 30.5 Å². The zero-order valence-corrected chi connectivity index (χ0v) is 63.5. The average Bonchev–Trinajstić information content (AvgIpc) is 0.939. The van der Waals surface area contributed by atoms with Crippen LogP contribution < -0.4 is 18.9 Å². The summed E-state index contributed by atoms with van der Waals surface area (Å²) < 4.78 is 26.1. The molecular formula is C85H138ClN5O8. The minimum absolute atomic E-state index is 0.0965. The Hall–Kier alpha value is -4.63. The molecule has 4 aromatic rings. The number of halogens is 1. The number of alkyl halides is 1. The Morgan fingerprint density at radius 3 is 0.788 bits per heavy atom. The second kappa shape index (κ2) is 49.1. The molecule has 0 aliphatic carbocycles. The summed E-state index contributed by atoms with van der Waals surface area (Å²) >= 11 is 5.60. The van der Waals surface area contributed by atoms with Crippen LogP contribution in [0.3, 0.4) is 0 Å². The topological polar surface area (TPSA) is 134 Å². The molecule has 0 aromatic heterocycles. The number of phenolic OH excluding ortho intramolecular Hbond substituents is 4. The molecule has 0 bridgehead atoms. The van der Waals surface area contributed by atoms with Gasteiger partial charge in [0.25, 0.3) is 0 Å². The molecule has 0 saturated carbocycles. The zero-order chi connectivity index (χ0) is 69.9. The second-order valence-electron chi connectivity index (χ2n) is 30.5. The van der Waals surface area contributed by atoms with Crippen LogP contribution in [0.2, 0.25) is 0 Å². The van der Waals surface area contributed by atoms with Crippen molar-refractivity contribution in [3.8, 4) is 46.0 Å². The van der Waals surface area contributed by atoms with E-state index in [0.29, 0.717) is 23.7 Å². The van der Waals surface area contributed by atoms with Crippen LogP contribution >= 0.6 is 11.6 Å². The number of hydrogen-bond acceptors (Lipinski definition) is 13. The molecule has 0 amide bonds. The largest absolute Gasteiger partial charge is 0.504 e. The number of nitrogens with zero attached hydrogens (tertiary/aromatic N) is 5. The van der Waals surface area contributed by atoms with Crippen molar-refractivity contribution >= 4 is 11.6 Å². The number of unbranched alkanes of at least 4 members (excludes halogenated alkanes) is 9. The number of phenols is 4. The molecule has 14 heteroatoms. The van der Waals surface area contributed by atoms with Gasteiger partial charge in [-0.25, -0.2) is 0 Å². The molecule has 5 aliphatic heterocycles. The Bertz CT molecular complexity index is 2550. The molecule has 5 heterocycles. The lowest BCUT2D eigenvalue weighted by atomic mass is 9.85. The molecule has 4 N–H and O–H groups in total. The van der Waals surface area contributed by atoms with E-state index in [2.05, 4.69) is 88.6 Å². The molecule has 4 atom stereocenters. The molecule has 99 heavy (non-hydrogen) atoms. The van der Waals surface area contributed by atoms with Gasteiger partial charge >= 0.3 is 0 Å². The quantitative estimate of drug-likeness (QED) is 0.0191. The first-order valence-electron chi connectivity index (χ1n) is 40.4. The summed E-state index contributed by atoms with van der Waals surface area (Å²) in [6.45, 7) is 31.3. The summed E-state index contributed by atoms with van der Waals surface area (Å²) in [4.78, 5) is 13.2. The SMILES string of the molecule is C[C@H](Cc1ccc(O)c(O)c1)[C@@H](C)Cc1ccc(O)c(O)c1.C[C@H](Cc1ccc(OCCCCCN2CCCCC2)c(OCCCCCN2CCCCC2)c1)[C@@H](C)Cc1ccc(OCCCCCN2CCCCC2)c(OCCCCCN2CCCCC2)c1.ClCCCCN1CCCCC1. The lowest BCUT2D eigenvalue weighted by Gasteiger charge is -2.26. The molecule has 9 rings (SSSR count). The van der Waals surface area contributed by atoms with Gasteiger partial charge in [-0.15, -0.1) is 11.6 Å². The van der Waals surface area contributed by atoms with Crippen molar-refractivity contribution in [2.45, 2.75) is 240 Å². The van der Waals surface area contributed by atoms with E-state index >= 15 is 0 Å². The highest BCUT2D eigenvalue weighted by atomic mass is 35.5. The monoisotopic (exact) mass is 1390 g/mol. The zero-order valence-electron chi connectivity index (χ0n) is 62.8. The highest BCUT2D eigenvalue weighted by molar-refractivity contribution is 6.17. The summed E-state index contributed by atoms with van der Waals surface area (Å²) in [5, 5.41) is 37.8. The predicted octanol–water partition coefficient (Wildman–Crippen LogP) is 18.9. The van der Waals surface area contributed by atoms with Crippen molar-refractivity contribution in [2.24, 2.45) is 23.7 Å². The summed E-state index contributed by atoms with van der Waals surface area (Å²) in [6.07, 6.45) is 41.2. The summed E-state index contributed by atoms with van der Waals surface area (Å²) in [6, 6.07) is 23.3. The van der Waals surface area contributed by atoms with Crippen LogP contribution in [0.15, 0.2) is 72.8 Å². The third kappa shape index (κ3) is 33.6. The third-order valence-corrected chi connectivity index (χ3v) is 22.1. The first-order chi connectivity index (χ1) is 48.4. The minimum Gasteiger partial charge on any atom is -0.504 e. The van der Waals surface area contributed by atoms with Crippen molar-refractivity contribution < 1.29 is 39.4 Å². The van der Waals surface area contributed by atoms with E-state index in [-0.39, 0.29) is 23.0 Å². The van der Waals surface area contributed by atoms with Crippen molar-refractivity contribution in [2.75, 3.05) is 130 Å². The minimum atomic E-state index is -0.107. The third-order valence-electron chi connectivity index (χ3n) is 21.9. The van der Waals surface area contributed by atoms with Gasteiger partial charge in [-0.1, -0.05) is 84.1 Å². The molecular weight excluding hydrogens is 1250 g/mol. The fraction of sp³-hybridized carbons (Fsp3) is 0.718. The van der Waals surface area contributed by atoms with E-state index in [0.717, 1.165) is 118 Å². The molecule has 13 nitrogen and oxygen atoms in total. The Morgan fingerprint density at radius 1 is 0.283 bits per heavy atom. The fourth-order valence-corrected chi connectivity index (χ4v) is 15.2. The molecule has 5 saturated heterocycles. The smallest absolute Gasteiger partial charge is 0.161 e. The van der Waals surface area contributed by atoms with Gasteiger partial charge in [-0.05, 0) is 372 Å². The molecule has 0 unspecified atom stereocenters. The lowest BCUT2D eigenvalue weighted by molar-refractivity contribution is 0.217. The van der Waals surface area contributed by atoms with Gasteiger partial charge in [0.15, 0.2) is 46.0 Å². The number of ether oxygens (including phenoxy) is 4. The number of likely N-dealkylation sites (tertiary alicyclic amines) is 5. The van der Waals surface area contributed by atoms with Gasteiger partial charge in [0.1, 0.15) is 0 Å². The van der Waals surface area contributed by atoms with E-state index in [1.807, 2.05) is 12.1 Å². The predicted molar refractivity (Wildman–Crippen MR) is 413 cm³/mol. The maximum absolute atomic E-state index is 9.54. The van der Waals surface area contributed by atoms with Crippen molar-refractivity contribution in [3.05, 3.63) is 95.1 Å². The second-order valence-corrected chi connectivity index (χ2v) is 30.9. The number of hydrogen-bond donors (Lipinski definition) is 4. The van der Waals surface area contributed by atoms with Gasteiger partial charge in [0.05, 0.1) is 26.4 Å². The maximum atomic E-state index is 9.54. The van der Waals surface area contributed by atoms with Crippen molar-refractivity contribution in [1.29, 1.82) is 0 Å². The Morgan fingerprint density at radius 2 is 0.525 bits per heavy atom. The van der Waals surface area contributed by atoms with Crippen LogP contribution in [0, 0.1) is 23.7 Å². The van der Waals surface area contributed by atoms with Crippen LogP contribution in [-0.2, 0) is 25.7 Å². The fourth-order valence-electron chi connectivity index (χ4n) is 15.0. The van der Waals surface area contributed by atoms with E-state index in [1.54, 1.807) is 12.1 Å². The molecule has 558 valence electrons. The van der Waals surface area contributed by atoms with Crippen LogP contribution in [0.5, 0.6) is 46.0 Å². The first kappa shape index (κ1) is 81.7. The highest BCUT2D eigenvalue weighted by Crippen LogP contribution is 2.35. The maximum Gasteiger partial charge on any atom is 0.161 e. The standard InChI is InChI=1S/C58H98N4O4.C18H22O4.C9H18ClN/c1-51(47-53-27-29-55(63-43-23-7-19-39-59-31-11-3-12-32-59)57(49-53)65-45-25-9-21-41-61-35-15-5-16-36-61)52(2)48-54-28-30-56(64-44-24-8-20-40-60-33-13-4-14-34-60)58(50-54)66-46-26-10-22-42-62-37-17-6-18-38-62;1-11(7-13-3-5-15(19)17(21)9-13)12(2)8-14-4-6-16(20)18(22)10-14;10-6-2-5-9-11-7-3-1-4-8-11/h27-30,49-52H,3-26,31-48H2,1-2H3;3-6,9-12,19-22H,7-8H2,1-2H3;1-9H2/t51-,52+;11-,12+;. The van der Waals surface area contributed by atoms with E-state index in [9.17, 15) is 20.4 Å². The molecule has 5 aliphatic rings. The Kier molecular flexibility index (Phi) is 40.5. The van der Waals surface area contributed by atoms with Crippen molar-refractivity contribution in [1.82, 2.24) is 24.5 Å². The number of benzene rings is 4. The average molecular weight is 1390 g/mol. The van der Waals surface area contributed by atoms with Crippen LogP contribution in [0.25, 0.3) is 0 Å². The van der Waals surface area contributed by atoms with E-state index in [1.165, 1.54) is 282 Å². The molecule has 0 spiro atoms. The van der Waals surface area contributed by atoms with Crippen LogP contribution in [0.4, 0.5) is 0 Å². The van der Waals surface area contributed by atoms with Gasteiger partial charge in [-0.2, -0.15) is 0 Å².